The summed E-state index contributed by atoms with van der Waals surface area (Å²) in [5, 5.41) is 3.13. The van der Waals surface area contributed by atoms with Crippen LogP contribution in [0.5, 0.6) is 0 Å². The van der Waals surface area contributed by atoms with Gasteiger partial charge < -0.3 is 11.1 Å². The molecule has 0 radical (unpaired) electrons. The van der Waals surface area contributed by atoms with E-state index < -0.39 is 0 Å². The first-order valence-electron chi connectivity index (χ1n) is 7.20. The summed E-state index contributed by atoms with van der Waals surface area (Å²) in [5.74, 6) is 0.117. The molecule has 0 aliphatic heterocycles. The molecule has 1 aromatic rings. The van der Waals surface area contributed by atoms with Crippen LogP contribution in [0.2, 0.25) is 0 Å². The van der Waals surface area contributed by atoms with Crippen molar-refractivity contribution in [2.24, 2.45) is 5.73 Å². The molecule has 0 aromatic heterocycles. The van der Waals surface area contributed by atoms with Gasteiger partial charge in [0.25, 0.3) is 0 Å². The average molecular weight is 262 g/mol. The molecule has 3 nitrogen and oxygen atoms in total. The number of benzene rings is 1. The van der Waals surface area contributed by atoms with Gasteiger partial charge >= 0.3 is 0 Å². The molecule has 0 heterocycles. The Hall–Kier alpha value is -1.35. The third-order valence-electron chi connectivity index (χ3n) is 3.15. The van der Waals surface area contributed by atoms with E-state index in [0.717, 1.165) is 25.7 Å². The molecule has 1 rings (SSSR count). The fourth-order valence-electron chi connectivity index (χ4n) is 2.13. The summed E-state index contributed by atoms with van der Waals surface area (Å²) in [5.41, 5.74) is 6.95. The van der Waals surface area contributed by atoms with E-state index in [0.29, 0.717) is 6.42 Å². The zero-order valence-corrected chi connectivity index (χ0v) is 12.1. The van der Waals surface area contributed by atoms with Crippen LogP contribution in [0.25, 0.3) is 0 Å². The molecule has 106 valence electrons. The van der Waals surface area contributed by atoms with Crippen LogP contribution in [0.3, 0.4) is 0 Å². The molecule has 0 saturated heterocycles. The summed E-state index contributed by atoms with van der Waals surface area (Å²) < 4.78 is 0. The van der Waals surface area contributed by atoms with Crippen molar-refractivity contribution in [3.63, 3.8) is 0 Å². The van der Waals surface area contributed by atoms with E-state index in [1.165, 1.54) is 5.56 Å². The fraction of sp³-hybridized carbons (Fsp3) is 0.562. The van der Waals surface area contributed by atoms with E-state index in [4.69, 9.17) is 5.73 Å². The van der Waals surface area contributed by atoms with Crippen LogP contribution in [-0.2, 0) is 11.2 Å². The van der Waals surface area contributed by atoms with Gasteiger partial charge in [0.05, 0.1) is 0 Å². The number of amides is 1. The van der Waals surface area contributed by atoms with Crippen molar-refractivity contribution in [2.75, 3.05) is 0 Å². The average Bonchev–Trinajstić information content (AvgIpc) is 2.38. The molecule has 19 heavy (non-hydrogen) atoms. The minimum atomic E-state index is 0.0875. The molecule has 1 amide bonds. The van der Waals surface area contributed by atoms with Gasteiger partial charge in [0.2, 0.25) is 5.91 Å². The van der Waals surface area contributed by atoms with E-state index in [9.17, 15) is 4.79 Å². The third kappa shape index (κ3) is 6.97. The Balaban J connectivity index is 2.46. The summed E-state index contributed by atoms with van der Waals surface area (Å²) in [4.78, 5) is 11.9. The van der Waals surface area contributed by atoms with Gasteiger partial charge in [-0.05, 0) is 31.7 Å². The van der Waals surface area contributed by atoms with Gasteiger partial charge in [-0.15, -0.1) is 0 Å². The molecule has 2 atom stereocenters. The number of nitrogens with one attached hydrogen (secondary N) is 1. The standard InChI is InChI=1S/C16H26N2O/c1-3-7-15(12-14-8-5-4-6-9-14)18-16(19)11-10-13(2)17/h4-6,8-9,13,15H,3,7,10-12,17H2,1-2H3,(H,18,19). The Morgan fingerprint density at radius 3 is 2.53 bits per heavy atom. The SMILES string of the molecule is CCCC(Cc1ccccc1)NC(=O)CCC(C)N. The first-order chi connectivity index (χ1) is 9.11. The van der Waals surface area contributed by atoms with Crippen molar-refractivity contribution in [3.05, 3.63) is 35.9 Å². The topological polar surface area (TPSA) is 55.1 Å². The van der Waals surface area contributed by atoms with Crippen LogP contribution in [-0.4, -0.2) is 18.0 Å². The highest BCUT2D eigenvalue weighted by Gasteiger charge is 2.12. The van der Waals surface area contributed by atoms with Crippen molar-refractivity contribution in [3.8, 4) is 0 Å². The first kappa shape index (κ1) is 15.7. The minimum Gasteiger partial charge on any atom is -0.353 e. The largest absolute Gasteiger partial charge is 0.353 e. The third-order valence-corrected chi connectivity index (χ3v) is 3.15. The van der Waals surface area contributed by atoms with Gasteiger partial charge in [-0.3, -0.25) is 4.79 Å². The van der Waals surface area contributed by atoms with Crippen LogP contribution in [0.4, 0.5) is 0 Å². The zero-order valence-electron chi connectivity index (χ0n) is 12.1. The van der Waals surface area contributed by atoms with Crippen molar-refractivity contribution in [2.45, 2.75) is 58.0 Å². The summed E-state index contributed by atoms with van der Waals surface area (Å²) >= 11 is 0. The first-order valence-corrected chi connectivity index (χ1v) is 7.20. The predicted octanol–water partition coefficient (Wildman–Crippen LogP) is 2.64. The molecule has 1 aromatic carbocycles. The van der Waals surface area contributed by atoms with E-state index in [2.05, 4.69) is 24.4 Å². The van der Waals surface area contributed by atoms with Crippen molar-refractivity contribution >= 4 is 5.91 Å². The highest BCUT2D eigenvalue weighted by molar-refractivity contribution is 5.76. The molecular formula is C16H26N2O. The molecule has 0 aliphatic carbocycles. The number of nitrogens with two attached hydrogens (primary N) is 1. The van der Waals surface area contributed by atoms with Gasteiger partial charge in [-0.25, -0.2) is 0 Å². The van der Waals surface area contributed by atoms with Gasteiger partial charge in [0.15, 0.2) is 0 Å². The number of carbonyl (C=O) groups is 1. The lowest BCUT2D eigenvalue weighted by atomic mass is 10.0. The van der Waals surface area contributed by atoms with Gasteiger partial charge in [-0.1, -0.05) is 43.7 Å². The van der Waals surface area contributed by atoms with Crippen molar-refractivity contribution < 1.29 is 4.79 Å². The second-order valence-corrected chi connectivity index (χ2v) is 5.26. The second-order valence-electron chi connectivity index (χ2n) is 5.26. The Kier molecular flexibility index (Phi) is 7.19. The maximum Gasteiger partial charge on any atom is 0.220 e. The van der Waals surface area contributed by atoms with Gasteiger partial charge in [0, 0.05) is 18.5 Å². The lowest BCUT2D eigenvalue weighted by Crippen LogP contribution is -2.36. The van der Waals surface area contributed by atoms with E-state index in [-0.39, 0.29) is 18.0 Å². The van der Waals surface area contributed by atoms with Crippen LogP contribution >= 0.6 is 0 Å². The molecule has 3 heteroatoms. The van der Waals surface area contributed by atoms with Gasteiger partial charge in [0.1, 0.15) is 0 Å². The summed E-state index contributed by atoms with van der Waals surface area (Å²) in [6.45, 7) is 4.08. The Labute approximate surface area is 116 Å². The number of carbonyl (C=O) groups excluding carboxylic acids is 1. The quantitative estimate of drug-likeness (QED) is 0.756. The van der Waals surface area contributed by atoms with Crippen LogP contribution in [0.1, 0.15) is 45.1 Å². The highest BCUT2D eigenvalue weighted by atomic mass is 16.1. The maximum atomic E-state index is 11.9. The minimum absolute atomic E-state index is 0.0875. The fourth-order valence-corrected chi connectivity index (χ4v) is 2.13. The van der Waals surface area contributed by atoms with Crippen LogP contribution < -0.4 is 11.1 Å². The highest BCUT2D eigenvalue weighted by Crippen LogP contribution is 2.08. The Morgan fingerprint density at radius 2 is 1.95 bits per heavy atom. The smallest absolute Gasteiger partial charge is 0.220 e. The Morgan fingerprint density at radius 1 is 1.26 bits per heavy atom. The van der Waals surface area contributed by atoms with E-state index >= 15 is 0 Å². The second kappa shape index (κ2) is 8.70. The molecule has 0 aliphatic rings. The monoisotopic (exact) mass is 262 g/mol. The normalized spacial score (nSPS) is 13.8. The lowest BCUT2D eigenvalue weighted by molar-refractivity contribution is -0.122. The zero-order chi connectivity index (χ0) is 14.1. The lowest BCUT2D eigenvalue weighted by Gasteiger charge is -2.18. The van der Waals surface area contributed by atoms with E-state index in [1.54, 1.807) is 0 Å². The molecule has 3 N–H and O–H groups in total. The van der Waals surface area contributed by atoms with Gasteiger partial charge in [-0.2, -0.15) is 0 Å². The molecule has 0 spiro atoms. The molecular weight excluding hydrogens is 236 g/mol. The molecule has 2 unspecified atom stereocenters. The van der Waals surface area contributed by atoms with Crippen LogP contribution in [0, 0.1) is 0 Å². The summed E-state index contributed by atoms with van der Waals surface area (Å²) in [6, 6.07) is 10.6. The van der Waals surface area contributed by atoms with E-state index in [1.807, 2.05) is 25.1 Å². The van der Waals surface area contributed by atoms with Crippen molar-refractivity contribution in [1.82, 2.24) is 5.32 Å². The van der Waals surface area contributed by atoms with Crippen LogP contribution in [0.15, 0.2) is 30.3 Å². The molecule has 0 saturated carbocycles. The number of rotatable bonds is 8. The number of hydrogen-bond acceptors (Lipinski definition) is 2. The number of hydrogen-bond donors (Lipinski definition) is 2. The predicted molar refractivity (Wildman–Crippen MR) is 79.9 cm³/mol. The summed E-state index contributed by atoms with van der Waals surface area (Å²) in [6.07, 6.45) is 4.26. The summed E-state index contributed by atoms with van der Waals surface area (Å²) in [7, 11) is 0. The Bertz CT molecular complexity index is 362. The molecule has 0 fully saturated rings. The molecule has 0 bridgehead atoms. The van der Waals surface area contributed by atoms with Crippen molar-refractivity contribution in [1.29, 1.82) is 0 Å². The maximum absolute atomic E-state index is 11.9.